The van der Waals surface area contributed by atoms with Gasteiger partial charge in [-0.25, -0.2) is 0 Å². The third-order valence-electron chi connectivity index (χ3n) is 10.5. The second-order valence-corrected chi connectivity index (χ2v) is 14.0. The van der Waals surface area contributed by atoms with E-state index in [1.54, 1.807) is 0 Å². The molecule has 0 heterocycles. The number of allylic oxidation sites excluding steroid dienone is 7. The second-order valence-electron chi connectivity index (χ2n) is 14.0. The van der Waals surface area contributed by atoms with Gasteiger partial charge in [0.2, 0.25) is 0 Å². The van der Waals surface area contributed by atoms with Gasteiger partial charge in [0.1, 0.15) is 0 Å². The maximum Gasteiger partial charge on any atom is 0.0464 e. The van der Waals surface area contributed by atoms with Crippen molar-refractivity contribution in [3.8, 4) is 11.1 Å². The Labute approximate surface area is 311 Å². The van der Waals surface area contributed by atoms with Gasteiger partial charge in [0, 0.05) is 22.5 Å². The summed E-state index contributed by atoms with van der Waals surface area (Å²) in [7, 11) is 0. The van der Waals surface area contributed by atoms with Gasteiger partial charge >= 0.3 is 0 Å². The quantitative estimate of drug-likeness (QED) is 0.0887. The molecule has 258 valence electrons. The number of hydrogen-bond acceptors (Lipinski definition) is 1. The van der Waals surface area contributed by atoms with Crippen LogP contribution in [0.2, 0.25) is 0 Å². The summed E-state index contributed by atoms with van der Waals surface area (Å²) >= 11 is 0. The predicted octanol–water partition coefficient (Wildman–Crippen LogP) is 14.0. The van der Waals surface area contributed by atoms with Gasteiger partial charge in [0.25, 0.3) is 0 Å². The smallest absolute Gasteiger partial charge is 0.0464 e. The summed E-state index contributed by atoms with van der Waals surface area (Å²) in [5, 5.41) is 0. The fourth-order valence-electron chi connectivity index (χ4n) is 7.59. The highest BCUT2D eigenvalue weighted by Crippen LogP contribution is 2.53. The van der Waals surface area contributed by atoms with E-state index < -0.39 is 0 Å². The van der Waals surface area contributed by atoms with Gasteiger partial charge < -0.3 is 4.90 Å². The van der Waals surface area contributed by atoms with Crippen LogP contribution in [0.4, 0.5) is 11.4 Å². The zero-order valence-corrected chi connectivity index (χ0v) is 31.2. The summed E-state index contributed by atoms with van der Waals surface area (Å²) in [6.45, 7) is 30.3. The minimum absolute atomic E-state index is 0.208. The summed E-state index contributed by atoms with van der Waals surface area (Å²) in [5.41, 5.74) is 18.3. The van der Waals surface area contributed by atoms with Crippen molar-refractivity contribution in [2.45, 2.75) is 46.0 Å². The summed E-state index contributed by atoms with van der Waals surface area (Å²) in [5.74, 6) is 0. The number of nitrogens with zero attached hydrogens (tertiary/aromatic N) is 1. The molecule has 0 fully saturated rings. The zero-order valence-electron chi connectivity index (χ0n) is 31.2. The van der Waals surface area contributed by atoms with Crippen LogP contribution in [-0.2, 0) is 11.8 Å². The fraction of sp³-hybridized carbons (Fsp3) is 0.137. The Hall–Kier alpha value is -5.92. The minimum atomic E-state index is -0.208. The van der Waals surface area contributed by atoms with Crippen molar-refractivity contribution in [2.24, 2.45) is 0 Å². The highest BCUT2D eigenvalue weighted by atomic mass is 15.1. The molecule has 0 bridgehead atoms. The third-order valence-corrected chi connectivity index (χ3v) is 10.5. The standard InChI is InChI=1S/C51H49N/c1-10-13-22-46-45(35(4)11-2)32-33-48-50(46)47-31-30-42(34-49(47)51(48,8)9)52(38(7)25-24-36(5)39-20-15-14-16-21-39)41-28-26-40(27-29-41)43(12-3)44-23-18-17-19-37(44)6/h10-12,14-21,23-34H,1-2,4-5,7,13,22H2,3,6,8-9H3/b25-24-,43-12-. The van der Waals surface area contributed by atoms with Crippen LogP contribution in [0.15, 0.2) is 178 Å². The first-order valence-corrected chi connectivity index (χ1v) is 18.1. The molecule has 0 aliphatic heterocycles. The van der Waals surface area contributed by atoms with Crippen LogP contribution in [-0.4, -0.2) is 0 Å². The van der Waals surface area contributed by atoms with E-state index in [0.717, 1.165) is 52.2 Å². The number of fused-ring (bicyclic) bond motifs is 3. The van der Waals surface area contributed by atoms with Crippen molar-refractivity contribution in [1.82, 2.24) is 0 Å². The molecule has 0 saturated carbocycles. The molecule has 5 aromatic rings. The van der Waals surface area contributed by atoms with Crippen LogP contribution >= 0.6 is 0 Å². The molecule has 0 unspecified atom stereocenters. The lowest BCUT2D eigenvalue weighted by atomic mass is 9.81. The fourth-order valence-corrected chi connectivity index (χ4v) is 7.59. The van der Waals surface area contributed by atoms with E-state index in [4.69, 9.17) is 0 Å². The van der Waals surface area contributed by atoms with E-state index in [-0.39, 0.29) is 5.41 Å². The molecule has 1 nitrogen and oxygen atoms in total. The first-order valence-electron chi connectivity index (χ1n) is 18.1. The normalized spacial score (nSPS) is 13.0. The van der Waals surface area contributed by atoms with Crippen molar-refractivity contribution in [3.05, 3.63) is 223 Å². The predicted molar refractivity (Wildman–Crippen MR) is 228 cm³/mol. The average molecular weight is 676 g/mol. The Bertz CT molecular complexity index is 2250. The van der Waals surface area contributed by atoms with E-state index >= 15 is 0 Å². The number of aryl methyl sites for hydroxylation is 1. The Kier molecular flexibility index (Phi) is 10.4. The van der Waals surface area contributed by atoms with E-state index in [1.165, 1.54) is 50.1 Å². The molecule has 5 aromatic carbocycles. The minimum Gasteiger partial charge on any atom is -0.311 e. The lowest BCUT2D eigenvalue weighted by Gasteiger charge is -2.28. The Morgan fingerprint density at radius 1 is 0.692 bits per heavy atom. The van der Waals surface area contributed by atoms with Gasteiger partial charge in [-0.05, 0) is 129 Å². The molecule has 1 heteroatoms. The van der Waals surface area contributed by atoms with Crippen LogP contribution in [0, 0.1) is 6.92 Å². The van der Waals surface area contributed by atoms with Crippen LogP contribution < -0.4 is 4.90 Å². The monoisotopic (exact) mass is 675 g/mol. The van der Waals surface area contributed by atoms with Crippen LogP contribution in [0.5, 0.6) is 0 Å². The molecule has 0 aromatic heterocycles. The van der Waals surface area contributed by atoms with Crippen LogP contribution in [0.3, 0.4) is 0 Å². The number of rotatable bonds is 13. The number of benzene rings is 5. The van der Waals surface area contributed by atoms with Gasteiger partial charge in [-0.15, -0.1) is 6.58 Å². The van der Waals surface area contributed by atoms with Crippen LogP contribution in [0.25, 0.3) is 27.8 Å². The molecule has 0 radical (unpaired) electrons. The molecular formula is C51H49N. The summed E-state index contributed by atoms with van der Waals surface area (Å²) in [4.78, 5) is 2.25. The van der Waals surface area contributed by atoms with Gasteiger partial charge in [-0.3, -0.25) is 0 Å². The van der Waals surface area contributed by atoms with Gasteiger partial charge in [-0.2, -0.15) is 0 Å². The van der Waals surface area contributed by atoms with Crippen LogP contribution in [0.1, 0.15) is 71.7 Å². The van der Waals surface area contributed by atoms with Crippen molar-refractivity contribution in [3.63, 3.8) is 0 Å². The molecule has 52 heavy (non-hydrogen) atoms. The van der Waals surface area contributed by atoms with E-state index in [9.17, 15) is 0 Å². The molecule has 6 rings (SSSR count). The number of anilines is 2. The summed E-state index contributed by atoms with van der Waals surface area (Å²) in [6.07, 6.45) is 12.0. The Balaban J connectivity index is 1.46. The first kappa shape index (κ1) is 35.9. The van der Waals surface area contributed by atoms with E-state index in [1.807, 2.05) is 30.4 Å². The van der Waals surface area contributed by atoms with E-state index in [2.05, 4.69) is 175 Å². The Morgan fingerprint density at radius 2 is 1.38 bits per heavy atom. The third kappa shape index (κ3) is 6.75. The van der Waals surface area contributed by atoms with Crippen molar-refractivity contribution >= 4 is 28.1 Å². The molecule has 0 N–H and O–H groups in total. The molecule has 0 spiro atoms. The van der Waals surface area contributed by atoms with Gasteiger partial charge in [0.15, 0.2) is 0 Å². The van der Waals surface area contributed by atoms with E-state index in [0.29, 0.717) is 0 Å². The maximum atomic E-state index is 4.62. The highest BCUT2D eigenvalue weighted by molar-refractivity contribution is 5.90. The maximum absolute atomic E-state index is 4.62. The Morgan fingerprint density at radius 3 is 2.06 bits per heavy atom. The molecule has 0 atom stereocenters. The second kappa shape index (κ2) is 15.1. The van der Waals surface area contributed by atoms with Crippen molar-refractivity contribution in [1.29, 1.82) is 0 Å². The molecule has 0 amide bonds. The van der Waals surface area contributed by atoms with Gasteiger partial charge in [0.05, 0.1) is 0 Å². The summed E-state index contributed by atoms with van der Waals surface area (Å²) in [6, 6.07) is 39.1. The molecule has 1 aliphatic carbocycles. The van der Waals surface area contributed by atoms with Gasteiger partial charge in [-0.1, -0.05) is 149 Å². The number of hydrogen-bond donors (Lipinski definition) is 0. The van der Waals surface area contributed by atoms with Crippen molar-refractivity contribution in [2.75, 3.05) is 4.90 Å². The summed E-state index contributed by atoms with van der Waals surface area (Å²) < 4.78 is 0. The largest absolute Gasteiger partial charge is 0.311 e. The zero-order chi connectivity index (χ0) is 37.0. The average Bonchev–Trinajstić information content (AvgIpc) is 3.40. The van der Waals surface area contributed by atoms with Crippen molar-refractivity contribution < 1.29 is 0 Å². The highest BCUT2D eigenvalue weighted by Gasteiger charge is 2.38. The molecule has 1 aliphatic rings. The SMILES string of the molecule is C=CCCc1c(C(=C)C=C)ccc2c1-c1ccc(N(C(=C)/C=C\C(=C)c3ccccc3)c3ccc(/C(=C/C)c4ccccc4C)cc3)cc1C2(C)C. The lowest BCUT2D eigenvalue weighted by Crippen LogP contribution is -2.18. The first-order chi connectivity index (χ1) is 25.1. The molecular weight excluding hydrogens is 627 g/mol. The lowest BCUT2D eigenvalue weighted by molar-refractivity contribution is 0.659. The topological polar surface area (TPSA) is 3.24 Å². The molecule has 0 saturated heterocycles.